The summed E-state index contributed by atoms with van der Waals surface area (Å²) in [6.07, 6.45) is 1.82. The van der Waals surface area contributed by atoms with Crippen LogP contribution in [0.4, 0.5) is 0 Å². The van der Waals surface area contributed by atoms with Crippen LogP contribution in [0.5, 0.6) is 0 Å². The van der Waals surface area contributed by atoms with Gasteiger partial charge in [0.15, 0.2) is 17.5 Å². The number of furan rings is 1. The Morgan fingerprint density at radius 2 is 0.964 bits per heavy atom. The van der Waals surface area contributed by atoms with E-state index in [-0.39, 0.29) is 0 Å². The van der Waals surface area contributed by atoms with Gasteiger partial charge in [-0.3, -0.25) is 4.98 Å². The molecule has 11 aromatic rings. The molecular weight excluding hydrogens is 675 g/mol. The number of fused-ring (bicyclic) bond motifs is 6. The van der Waals surface area contributed by atoms with Gasteiger partial charge in [-0.25, -0.2) is 19.9 Å². The van der Waals surface area contributed by atoms with Crippen LogP contribution in [0.15, 0.2) is 180 Å². The lowest BCUT2D eigenvalue weighted by molar-refractivity contribution is 0.669. The minimum atomic E-state index is 0.570. The second-order valence-corrected chi connectivity index (χ2v) is 13.7. The molecule has 8 aromatic carbocycles. The van der Waals surface area contributed by atoms with Crippen LogP contribution in [0, 0.1) is 0 Å². The van der Waals surface area contributed by atoms with Crippen molar-refractivity contribution in [3.63, 3.8) is 0 Å². The molecule has 0 radical (unpaired) electrons. The van der Waals surface area contributed by atoms with Crippen molar-refractivity contribution in [2.75, 3.05) is 0 Å². The van der Waals surface area contributed by atoms with Crippen LogP contribution in [0.1, 0.15) is 0 Å². The van der Waals surface area contributed by atoms with Crippen LogP contribution >= 0.6 is 0 Å². The van der Waals surface area contributed by atoms with E-state index in [0.29, 0.717) is 17.5 Å². The summed E-state index contributed by atoms with van der Waals surface area (Å²) in [6.45, 7) is 0. The van der Waals surface area contributed by atoms with Gasteiger partial charge in [-0.15, -0.1) is 0 Å². The summed E-state index contributed by atoms with van der Waals surface area (Å²) in [6, 6.07) is 58.1. The fourth-order valence-corrected chi connectivity index (χ4v) is 7.72. The smallest absolute Gasteiger partial charge is 0.164 e. The largest absolute Gasteiger partial charge is 0.456 e. The van der Waals surface area contributed by atoms with E-state index in [0.717, 1.165) is 93.6 Å². The molecule has 0 aliphatic carbocycles. The van der Waals surface area contributed by atoms with E-state index in [2.05, 4.69) is 114 Å². The number of hydrogen-bond acceptors (Lipinski definition) is 6. The van der Waals surface area contributed by atoms with Crippen LogP contribution in [0.3, 0.4) is 0 Å². The zero-order valence-electron chi connectivity index (χ0n) is 29.4. The van der Waals surface area contributed by atoms with Crippen molar-refractivity contribution in [3.8, 4) is 56.5 Å². The Bertz CT molecular complexity index is 3260. The molecule has 0 spiro atoms. The molecule has 0 saturated carbocycles. The van der Waals surface area contributed by atoms with Gasteiger partial charge in [0.1, 0.15) is 11.2 Å². The number of aromatic nitrogens is 5. The molecule has 0 N–H and O–H groups in total. The molecule has 0 aliphatic heterocycles. The summed E-state index contributed by atoms with van der Waals surface area (Å²) in [5.41, 5.74) is 10.0. The van der Waals surface area contributed by atoms with Crippen molar-refractivity contribution in [1.29, 1.82) is 0 Å². The van der Waals surface area contributed by atoms with Crippen molar-refractivity contribution in [3.05, 3.63) is 176 Å². The normalized spacial score (nSPS) is 11.6. The summed E-state index contributed by atoms with van der Waals surface area (Å²) >= 11 is 0. The van der Waals surface area contributed by atoms with Gasteiger partial charge < -0.3 is 4.42 Å². The Balaban J connectivity index is 1.14. The lowest BCUT2D eigenvalue weighted by Gasteiger charge is -2.14. The maximum atomic E-state index is 6.47. The van der Waals surface area contributed by atoms with Crippen LogP contribution in [0.2, 0.25) is 0 Å². The molecule has 0 amide bonds. The van der Waals surface area contributed by atoms with E-state index >= 15 is 0 Å². The first-order chi connectivity index (χ1) is 27.2. The van der Waals surface area contributed by atoms with Gasteiger partial charge in [0.25, 0.3) is 0 Å². The Morgan fingerprint density at radius 1 is 0.364 bits per heavy atom. The molecule has 0 atom stereocenters. The average Bonchev–Trinajstić information content (AvgIpc) is 3.62. The second-order valence-electron chi connectivity index (χ2n) is 13.7. The lowest BCUT2D eigenvalue weighted by atomic mass is 9.94. The highest BCUT2D eigenvalue weighted by atomic mass is 16.3. The van der Waals surface area contributed by atoms with Gasteiger partial charge in [0.2, 0.25) is 0 Å². The number of nitrogens with zero attached hydrogens (tertiary/aromatic N) is 5. The molecule has 55 heavy (non-hydrogen) atoms. The van der Waals surface area contributed by atoms with Gasteiger partial charge in [-0.2, -0.15) is 0 Å². The molecule has 0 bridgehead atoms. The highest BCUT2D eigenvalue weighted by Gasteiger charge is 2.20. The Kier molecular flexibility index (Phi) is 7.07. The van der Waals surface area contributed by atoms with E-state index in [4.69, 9.17) is 24.4 Å². The summed E-state index contributed by atoms with van der Waals surface area (Å²) in [7, 11) is 0. The first-order valence-electron chi connectivity index (χ1n) is 18.2. The summed E-state index contributed by atoms with van der Waals surface area (Å²) in [4.78, 5) is 25.2. The maximum absolute atomic E-state index is 6.47. The van der Waals surface area contributed by atoms with E-state index in [1.807, 2.05) is 66.9 Å². The summed E-state index contributed by atoms with van der Waals surface area (Å²) in [5, 5.41) is 6.46. The van der Waals surface area contributed by atoms with Gasteiger partial charge in [-0.1, -0.05) is 140 Å². The molecule has 3 heterocycles. The van der Waals surface area contributed by atoms with Crippen molar-refractivity contribution >= 4 is 54.5 Å². The second kappa shape index (κ2) is 12.5. The topological polar surface area (TPSA) is 77.6 Å². The fourth-order valence-electron chi connectivity index (χ4n) is 7.72. The number of rotatable bonds is 5. The molecule has 0 saturated heterocycles. The van der Waals surface area contributed by atoms with Gasteiger partial charge in [-0.05, 0) is 57.6 Å². The predicted octanol–water partition coefficient (Wildman–Crippen LogP) is 12.4. The molecule has 0 fully saturated rings. The maximum Gasteiger partial charge on any atom is 0.164 e. The van der Waals surface area contributed by atoms with Crippen LogP contribution in [0.25, 0.3) is 111 Å². The summed E-state index contributed by atoms with van der Waals surface area (Å²) < 4.78 is 6.47. The number of para-hydroxylation sites is 2. The third-order valence-electron chi connectivity index (χ3n) is 10.4. The van der Waals surface area contributed by atoms with Gasteiger partial charge >= 0.3 is 0 Å². The predicted molar refractivity (Wildman–Crippen MR) is 222 cm³/mol. The third kappa shape index (κ3) is 5.31. The molecule has 0 unspecified atom stereocenters. The van der Waals surface area contributed by atoms with E-state index < -0.39 is 0 Å². The molecule has 256 valence electrons. The van der Waals surface area contributed by atoms with Crippen molar-refractivity contribution < 1.29 is 4.42 Å². The SMILES string of the molecule is c1ccc(-c2cccc3cccc(-c4nc(-c5ccc(-c6cnc7ccccc7n6)cc5)nc(-c5cccc6oc7cc8ccccc8cc7c56)n4)c23)cc1. The average molecular weight is 704 g/mol. The minimum absolute atomic E-state index is 0.570. The quantitative estimate of drug-likeness (QED) is 0.178. The van der Waals surface area contributed by atoms with Crippen LogP contribution in [-0.2, 0) is 0 Å². The zero-order chi connectivity index (χ0) is 36.3. The first-order valence-corrected chi connectivity index (χ1v) is 18.2. The Labute approximate surface area is 315 Å². The van der Waals surface area contributed by atoms with E-state index in [9.17, 15) is 0 Å². The molecule has 11 rings (SSSR count). The molecule has 6 nitrogen and oxygen atoms in total. The fraction of sp³-hybridized carbons (Fsp3) is 0. The van der Waals surface area contributed by atoms with E-state index in [1.165, 1.54) is 0 Å². The van der Waals surface area contributed by atoms with Crippen molar-refractivity contribution in [1.82, 2.24) is 24.9 Å². The van der Waals surface area contributed by atoms with Crippen molar-refractivity contribution in [2.45, 2.75) is 0 Å². The first kappa shape index (κ1) is 31.0. The Morgan fingerprint density at radius 3 is 1.75 bits per heavy atom. The number of hydrogen-bond donors (Lipinski definition) is 0. The molecular formula is C49H29N5O. The lowest BCUT2D eigenvalue weighted by Crippen LogP contribution is -2.01. The summed E-state index contributed by atoms with van der Waals surface area (Å²) in [5.74, 6) is 1.73. The van der Waals surface area contributed by atoms with Crippen LogP contribution in [-0.4, -0.2) is 24.9 Å². The highest BCUT2D eigenvalue weighted by Crippen LogP contribution is 2.40. The van der Waals surface area contributed by atoms with Crippen LogP contribution < -0.4 is 0 Å². The standard InChI is InChI=1S/C49H29N5O/c1-2-11-30(12-3-1)36-17-8-15-32-16-9-18-37(45(32)36)48-52-47(33-25-23-31(24-26-33)42-29-50-40-20-6-7-21-41(40)51-42)53-49(54-48)38-19-10-22-43-46(38)39-27-34-13-4-5-14-35(34)28-44(39)55-43/h1-29H. The molecule has 0 aliphatic rings. The third-order valence-corrected chi connectivity index (χ3v) is 10.4. The van der Waals surface area contributed by atoms with Crippen molar-refractivity contribution in [2.24, 2.45) is 0 Å². The minimum Gasteiger partial charge on any atom is -0.456 e. The zero-order valence-corrected chi connectivity index (χ0v) is 29.4. The highest BCUT2D eigenvalue weighted by molar-refractivity contribution is 6.15. The monoisotopic (exact) mass is 703 g/mol. The number of benzene rings is 8. The molecule has 3 aromatic heterocycles. The van der Waals surface area contributed by atoms with Gasteiger partial charge in [0.05, 0.1) is 22.9 Å². The van der Waals surface area contributed by atoms with Gasteiger partial charge in [0, 0.05) is 38.4 Å². The molecule has 6 heteroatoms. The Hall–Kier alpha value is -7.57. The van der Waals surface area contributed by atoms with E-state index in [1.54, 1.807) is 0 Å².